The molecule has 4 nitrogen and oxygen atoms in total. The predicted octanol–water partition coefficient (Wildman–Crippen LogP) is 4.07. The first-order chi connectivity index (χ1) is 10.6. The quantitative estimate of drug-likeness (QED) is 0.288. The Morgan fingerprint density at radius 2 is 1.86 bits per heavy atom. The first-order valence-electron chi connectivity index (χ1n) is 8.87. The second-order valence-corrected chi connectivity index (χ2v) is 6.29. The highest BCUT2D eigenvalue weighted by atomic mass is 16.6. The van der Waals surface area contributed by atoms with E-state index < -0.39 is 5.97 Å². The second kappa shape index (κ2) is 11.7. The number of unbranched alkanes of at least 4 members (excludes halogenated alkanes) is 6. The van der Waals surface area contributed by atoms with Crippen molar-refractivity contribution in [1.29, 1.82) is 0 Å². The molecule has 0 aromatic heterocycles. The minimum absolute atomic E-state index is 0.202. The summed E-state index contributed by atoms with van der Waals surface area (Å²) >= 11 is 0. The summed E-state index contributed by atoms with van der Waals surface area (Å²) in [5.74, 6) is -0.696. The molecule has 0 radical (unpaired) electrons. The Balaban J connectivity index is 1.92. The predicted molar refractivity (Wildman–Crippen MR) is 87.9 cm³/mol. The second-order valence-electron chi connectivity index (χ2n) is 6.29. The van der Waals surface area contributed by atoms with E-state index in [1.54, 1.807) is 0 Å². The van der Waals surface area contributed by atoms with Gasteiger partial charge in [-0.2, -0.15) is 0 Å². The Kier molecular flexibility index (Phi) is 10.2. The molecule has 128 valence electrons. The molecule has 1 unspecified atom stereocenters. The third kappa shape index (κ3) is 9.96. The number of hydrogen-bond acceptors (Lipinski definition) is 3. The summed E-state index contributed by atoms with van der Waals surface area (Å²) < 4.78 is 5.58. The molecule has 22 heavy (non-hydrogen) atoms. The van der Waals surface area contributed by atoms with Gasteiger partial charge in [0, 0.05) is 6.42 Å². The third-order valence-electron chi connectivity index (χ3n) is 4.13. The van der Waals surface area contributed by atoms with Gasteiger partial charge in [-0.25, -0.2) is 0 Å². The van der Waals surface area contributed by atoms with Gasteiger partial charge in [0.1, 0.15) is 6.10 Å². The lowest BCUT2D eigenvalue weighted by Crippen LogP contribution is -2.02. The minimum Gasteiger partial charge on any atom is -0.481 e. The largest absolute Gasteiger partial charge is 0.481 e. The topological polar surface area (TPSA) is 70.1 Å². The van der Waals surface area contributed by atoms with E-state index in [-0.39, 0.29) is 12.2 Å². The Hall–Kier alpha value is -0.870. The van der Waals surface area contributed by atoms with E-state index in [9.17, 15) is 9.90 Å². The lowest BCUT2D eigenvalue weighted by Gasteiger charge is -2.03. The Morgan fingerprint density at radius 1 is 1.14 bits per heavy atom. The number of rotatable bonds is 14. The van der Waals surface area contributed by atoms with Crippen molar-refractivity contribution >= 4 is 5.97 Å². The normalized spacial score (nSPS) is 22.1. The maximum absolute atomic E-state index is 10.4. The molecule has 0 aromatic carbocycles. The first-order valence-corrected chi connectivity index (χ1v) is 8.87. The van der Waals surface area contributed by atoms with Gasteiger partial charge in [-0.05, 0) is 19.3 Å². The van der Waals surface area contributed by atoms with Crippen LogP contribution in [0.3, 0.4) is 0 Å². The van der Waals surface area contributed by atoms with Crippen molar-refractivity contribution in [2.75, 3.05) is 0 Å². The van der Waals surface area contributed by atoms with E-state index in [0.29, 0.717) is 12.5 Å². The maximum Gasteiger partial charge on any atom is 0.303 e. The Morgan fingerprint density at radius 3 is 2.59 bits per heavy atom. The van der Waals surface area contributed by atoms with Crippen LogP contribution >= 0.6 is 0 Å². The van der Waals surface area contributed by atoms with Gasteiger partial charge >= 0.3 is 5.97 Å². The molecule has 0 bridgehead atoms. The highest BCUT2D eigenvalue weighted by molar-refractivity contribution is 5.66. The number of hydrogen-bond donors (Lipinski definition) is 2. The molecule has 1 saturated heterocycles. The van der Waals surface area contributed by atoms with Crippen LogP contribution in [0.15, 0.2) is 12.2 Å². The van der Waals surface area contributed by atoms with E-state index in [1.165, 1.54) is 12.8 Å². The lowest BCUT2D eigenvalue weighted by molar-refractivity contribution is -0.137. The van der Waals surface area contributed by atoms with Crippen LogP contribution in [0.5, 0.6) is 0 Å². The molecule has 1 rings (SSSR count). The van der Waals surface area contributed by atoms with E-state index in [2.05, 4.69) is 6.92 Å². The molecule has 1 aliphatic rings. The summed E-state index contributed by atoms with van der Waals surface area (Å²) in [7, 11) is 0. The molecular weight excluding hydrogens is 280 g/mol. The lowest BCUT2D eigenvalue weighted by atomic mass is 10.1. The van der Waals surface area contributed by atoms with Gasteiger partial charge in [0.05, 0.1) is 12.2 Å². The van der Waals surface area contributed by atoms with Crippen molar-refractivity contribution in [3.05, 3.63) is 12.2 Å². The fourth-order valence-electron chi connectivity index (χ4n) is 2.65. The zero-order valence-electron chi connectivity index (χ0n) is 13.9. The van der Waals surface area contributed by atoms with Gasteiger partial charge in [0.2, 0.25) is 0 Å². The average Bonchev–Trinajstić information content (AvgIpc) is 3.22. The van der Waals surface area contributed by atoms with Crippen molar-refractivity contribution in [2.45, 2.75) is 95.9 Å². The number of ether oxygens (including phenoxy) is 1. The number of carboxylic acids is 1. The average molecular weight is 312 g/mol. The van der Waals surface area contributed by atoms with Gasteiger partial charge in [-0.15, -0.1) is 0 Å². The summed E-state index contributed by atoms with van der Waals surface area (Å²) in [6, 6.07) is 0. The molecule has 0 saturated carbocycles. The van der Waals surface area contributed by atoms with Crippen molar-refractivity contribution in [2.24, 2.45) is 0 Å². The highest BCUT2D eigenvalue weighted by Crippen LogP contribution is 2.29. The Bertz CT molecular complexity index is 327. The van der Waals surface area contributed by atoms with Crippen LogP contribution in [0.4, 0.5) is 0 Å². The fourth-order valence-corrected chi connectivity index (χ4v) is 2.65. The molecule has 1 aliphatic heterocycles. The molecular formula is C18H32O4. The number of carbonyl (C=O) groups is 1. The van der Waals surface area contributed by atoms with Crippen LogP contribution < -0.4 is 0 Å². The van der Waals surface area contributed by atoms with Crippen LogP contribution in [-0.4, -0.2) is 34.5 Å². The van der Waals surface area contributed by atoms with Crippen LogP contribution in [0, 0.1) is 0 Å². The molecule has 0 amide bonds. The number of carboxylic acid groups (broad SMARTS) is 1. The van der Waals surface area contributed by atoms with Crippen molar-refractivity contribution < 1.29 is 19.7 Å². The summed E-state index contributed by atoms with van der Waals surface area (Å²) in [6.07, 6.45) is 14.9. The number of aliphatic carboxylic acids is 1. The molecule has 1 fully saturated rings. The van der Waals surface area contributed by atoms with E-state index in [1.807, 2.05) is 12.2 Å². The molecule has 2 N–H and O–H groups in total. The highest BCUT2D eigenvalue weighted by Gasteiger charge is 2.35. The molecule has 0 spiro atoms. The van der Waals surface area contributed by atoms with Gasteiger partial charge in [-0.1, -0.05) is 64.0 Å². The van der Waals surface area contributed by atoms with E-state index in [0.717, 1.165) is 51.4 Å². The fraction of sp³-hybridized carbons (Fsp3) is 0.833. The van der Waals surface area contributed by atoms with Crippen LogP contribution in [0.25, 0.3) is 0 Å². The maximum atomic E-state index is 10.4. The number of aliphatic hydroxyl groups is 1. The number of aliphatic hydroxyl groups excluding tert-OH is 1. The van der Waals surface area contributed by atoms with Gasteiger partial charge in [0.15, 0.2) is 0 Å². The van der Waals surface area contributed by atoms with E-state index >= 15 is 0 Å². The number of epoxide rings is 1. The SMILES string of the molecule is CCCCCC(O)C=C[C@H]1O[C@@H]1CCCCCCCC(=O)O. The van der Waals surface area contributed by atoms with Crippen molar-refractivity contribution in [3.63, 3.8) is 0 Å². The van der Waals surface area contributed by atoms with E-state index in [4.69, 9.17) is 9.84 Å². The third-order valence-corrected chi connectivity index (χ3v) is 4.13. The molecule has 3 atom stereocenters. The minimum atomic E-state index is -0.696. The van der Waals surface area contributed by atoms with Gasteiger partial charge in [0.25, 0.3) is 0 Å². The van der Waals surface area contributed by atoms with Gasteiger partial charge in [-0.3, -0.25) is 4.79 Å². The first kappa shape index (κ1) is 19.2. The van der Waals surface area contributed by atoms with Crippen LogP contribution in [0.2, 0.25) is 0 Å². The van der Waals surface area contributed by atoms with Crippen LogP contribution in [-0.2, 0) is 9.53 Å². The van der Waals surface area contributed by atoms with Crippen LogP contribution in [0.1, 0.15) is 77.6 Å². The summed E-state index contributed by atoms with van der Waals surface area (Å²) in [4.78, 5) is 10.4. The van der Waals surface area contributed by atoms with Crippen molar-refractivity contribution in [3.8, 4) is 0 Å². The molecule has 4 heteroatoms. The summed E-state index contributed by atoms with van der Waals surface area (Å²) in [5.41, 5.74) is 0. The summed E-state index contributed by atoms with van der Waals surface area (Å²) in [6.45, 7) is 2.16. The molecule has 1 heterocycles. The van der Waals surface area contributed by atoms with Crippen molar-refractivity contribution in [1.82, 2.24) is 0 Å². The molecule has 0 aliphatic carbocycles. The smallest absolute Gasteiger partial charge is 0.303 e. The van der Waals surface area contributed by atoms with Gasteiger partial charge < -0.3 is 14.9 Å². The zero-order valence-corrected chi connectivity index (χ0v) is 13.9. The molecule has 0 aromatic rings. The summed E-state index contributed by atoms with van der Waals surface area (Å²) in [5, 5.41) is 18.3. The zero-order chi connectivity index (χ0) is 16.2. The standard InChI is InChI=1S/C18H32O4/c1-2-3-7-10-15(19)13-14-17-16(22-17)11-8-5-4-6-9-12-18(20)21/h13-17,19H,2-12H2,1H3,(H,20,21)/t15?,16-,17-/m1/s1. The monoisotopic (exact) mass is 312 g/mol. The Labute approximate surface area is 134 Å².